The first-order valence-corrected chi connectivity index (χ1v) is 8.07. The second-order valence-corrected chi connectivity index (χ2v) is 6.39. The topological polar surface area (TPSA) is 58.6 Å². The Kier molecular flexibility index (Phi) is 7.15. The van der Waals surface area contributed by atoms with Crippen LogP contribution >= 0.6 is 0 Å². The van der Waals surface area contributed by atoms with E-state index < -0.39 is 6.04 Å². The van der Waals surface area contributed by atoms with Crippen LogP contribution in [0.15, 0.2) is 0 Å². The summed E-state index contributed by atoms with van der Waals surface area (Å²) < 4.78 is 5.60. The van der Waals surface area contributed by atoms with Gasteiger partial charge >= 0.3 is 0 Å². The molecular weight excluding hydrogens is 268 g/mol. The van der Waals surface area contributed by atoms with Gasteiger partial charge in [0.25, 0.3) is 0 Å². The number of rotatable bonds is 8. The van der Waals surface area contributed by atoms with Crippen molar-refractivity contribution in [2.75, 3.05) is 19.8 Å². The molecule has 3 unspecified atom stereocenters. The number of nitrogens with one attached hydrogen (secondary N) is 1. The number of ether oxygens (including phenoxy) is 1. The predicted molar refractivity (Wildman–Crippen MR) is 82.8 cm³/mol. The van der Waals surface area contributed by atoms with Gasteiger partial charge in [-0.3, -0.25) is 9.59 Å². The summed E-state index contributed by atoms with van der Waals surface area (Å²) in [5.41, 5.74) is 0. The van der Waals surface area contributed by atoms with Crippen molar-refractivity contribution < 1.29 is 14.3 Å². The molecule has 1 aliphatic rings. The number of hydrogen-bond donors (Lipinski definition) is 1. The zero-order valence-corrected chi connectivity index (χ0v) is 14.0. The molecule has 122 valence electrons. The minimum Gasteiger partial charge on any atom is -0.380 e. The van der Waals surface area contributed by atoms with Gasteiger partial charge < -0.3 is 15.0 Å². The van der Waals surface area contributed by atoms with E-state index in [9.17, 15) is 9.59 Å². The molecule has 5 heteroatoms. The summed E-state index contributed by atoms with van der Waals surface area (Å²) in [6.07, 6.45) is 1.88. The predicted octanol–water partition coefficient (Wildman–Crippen LogP) is 1.81. The summed E-state index contributed by atoms with van der Waals surface area (Å²) in [6.45, 7) is 11.8. The first-order valence-electron chi connectivity index (χ1n) is 8.07. The third-order valence-electron chi connectivity index (χ3n) is 4.12. The average molecular weight is 298 g/mol. The molecule has 1 N–H and O–H groups in total. The van der Waals surface area contributed by atoms with Crippen molar-refractivity contribution in [3.63, 3.8) is 0 Å². The summed E-state index contributed by atoms with van der Waals surface area (Å²) in [5.74, 6) is 0.711. The molecule has 0 spiro atoms. The first-order chi connectivity index (χ1) is 9.88. The second kappa shape index (κ2) is 8.37. The van der Waals surface area contributed by atoms with E-state index >= 15 is 0 Å². The third kappa shape index (κ3) is 4.99. The molecule has 0 aromatic carbocycles. The number of amides is 2. The molecule has 0 saturated carbocycles. The lowest BCUT2D eigenvalue weighted by Crippen LogP contribution is -2.64. The zero-order chi connectivity index (χ0) is 16.0. The van der Waals surface area contributed by atoms with E-state index in [1.165, 1.54) is 0 Å². The van der Waals surface area contributed by atoms with Crippen LogP contribution < -0.4 is 5.32 Å². The maximum Gasteiger partial charge on any atom is 0.245 e. The largest absolute Gasteiger partial charge is 0.380 e. The van der Waals surface area contributed by atoms with Gasteiger partial charge in [-0.25, -0.2) is 0 Å². The summed E-state index contributed by atoms with van der Waals surface area (Å²) in [4.78, 5) is 26.2. The van der Waals surface area contributed by atoms with Gasteiger partial charge in [-0.2, -0.15) is 0 Å². The van der Waals surface area contributed by atoms with Crippen molar-refractivity contribution in [3.8, 4) is 0 Å². The van der Waals surface area contributed by atoms with Crippen molar-refractivity contribution in [1.29, 1.82) is 0 Å². The van der Waals surface area contributed by atoms with E-state index in [0.29, 0.717) is 25.7 Å². The zero-order valence-electron chi connectivity index (χ0n) is 14.0. The van der Waals surface area contributed by atoms with E-state index in [-0.39, 0.29) is 23.8 Å². The van der Waals surface area contributed by atoms with Gasteiger partial charge in [-0.05, 0) is 25.2 Å². The lowest BCUT2D eigenvalue weighted by molar-refractivity contribution is -0.151. The lowest BCUT2D eigenvalue weighted by Gasteiger charge is -2.40. The SMILES string of the molecule is CCC(C)C1C(=O)NC(C)C(=O)N1CCOCCC(C)C. The Labute approximate surface area is 128 Å². The molecule has 2 amide bonds. The molecule has 3 atom stereocenters. The van der Waals surface area contributed by atoms with Gasteiger partial charge in [0.05, 0.1) is 6.61 Å². The standard InChI is InChI=1S/C16H30N2O3/c1-6-12(4)14-15(19)17-13(5)16(20)18(14)8-10-21-9-7-11(2)3/h11-14H,6-10H2,1-5H3,(H,17,19). The first kappa shape index (κ1) is 18.0. The van der Waals surface area contributed by atoms with E-state index in [1.807, 2.05) is 13.8 Å². The second-order valence-electron chi connectivity index (χ2n) is 6.39. The molecule has 0 aliphatic carbocycles. The Hall–Kier alpha value is -1.10. The van der Waals surface area contributed by atoms with Crippen molar-refractivity contribution in [3.05, 3.63) is 0 Å². The van der Waals surface area contributed by atoms with Crippen LogP contribution in [-0.2, 0) is 14.3 Å². The van der Waals surface area contributed by atoms with E-state index in [1.54, 1.807) is 11.8 Å². The Bertz CT molecular complexity index is 357. The fourth-order valence-electron chi connectivity index (χ4n) is 2.51. The number of hydrogen-bond acceptors (Lipinski definition) is 3. The fraction of sp³-hybridized carbons (Fsp3) is 0.875. The molecule has 0 radical (unpaired) electrons. The minimum atomic E-state index is -0.437. The highest BCUT2D eigenvalue weighted by atomic mass is 16.5. The Balaban J connectivity index is 2.59. The van der Waals surface area contributed by atoms with Crippen molar-refractivity contribution >= 4 is 11.8 Å². The van der Waals surface area contributed by atoms with Gasteiger partial charge in [0.2, 0.25) is 11.8 Å². The van der Waals surface area contributed by atoms with E-state index in [2.05, 4.69) is 19.2 Å². The number of nitrogens with zero attached hydrogens (tertiary/aromatic N) is 1. The van der Waals surface area contributed by atoms with Crippen LogP contribution in [0.1, 0.15) is 47.5 Å². The van der Waals surface area contributed by atoms with Crippen LogP contribution in [0, 0.1) is 11.8 Å². The van der Waals surface area contributed by atoms with Crippen LogP contribution in [0.2, 0.25) is 0 Å². The molecule has 1 aliphatic heterocycles. The highest BCUT2D eigenvalue weighted by Crippen LogP contribution is 2.19. The highest BCUT2D eigenvalue weighted by Gasteiger charge is 2.40. The average Bonchev–Trinajstić information content (AvgIpc) is 2.42. The van der Waals surface area contributed by atoms with Gasteiger partial charge in [0.15, 0.2) is 0 Å². The molecule has 0 bridgehead atoms. The van der Waals surface area contributed by atoms with Gasteiger partial charge in [0.1, 0.15) is 12.1 Å². The summed E-state index contributed by atoms with van der Waals surface area (Å²) in [6, 6.07) is -0.805. The fourth-order valence-corrected chi connectivity index (χ4v) is 2.51. The lowest BCUT2D eigenvalue weighted by atomic mass is 9.93. The highest BCUT2D eigenvalue weighted by molar-refractivity contribution is 5.96. The molecular formula is C16H30N2O3. The van der Waals surface area contributed by atoms with Crippen molar-refractivity contribution in [2.45, 2.75) is 59.5 Å². The molecule has 21 heavy (non-hydrogen) atoms. The van der Waals surface area contributed by atoms with Gasteiger partial charge in [0, 0.05) is 13.2 Å². The molecule has 1 heterocycles. The quantitative estimate of drug-likeness (QED) is 0.695. The smallest absolute Gasteiger partial charge is 0.245 e. The summed E-state index contributed by atoms with van der Waals surface area (Å²) in [5, 5.41) is 2.77. The Morgan fingerprint density at radius 2 is 1.90 bits per heavy atom. The Morgan fingerprint density at radius 1 is 1.24 bits per heavy atom. The molecule has 1 rings (SSSR count). The van der Waals surface area contributed by atoms with Crippen LogP contribution in [0.3, 0.4) is 0 Å². The van der Waals surface area contributed by atoms with E-state index in [4.69, 9.17) is 4.74 Å². The third-order valence-corrected chi connectivity index (χ3v) is 4.12. The van der Waals surface area contributed by atoms with E-state index in [0.717, 1.165) is 12.8 Å². The maximum absolute atomic E-state index is 12.3. The van der Waals surface area contributed by atoms with Gasteiger partial charge in [-0.1, -0.05) is 34.1 Å². The van der Waals surface area contributed by atoms with Crippen molar-refractivity contribution in [2.24, 2.45) is 11.8 Å². The monoisotopic (exact) mass is 298 g/mol. The Morgan fingerprint density at radius 3 is 2.48 bits per heavy atom. The van der Waals surface area contributed by atoms with Crippen molar-refractivity contribution in [1.82, 2.24) is 10.2 Å². The molecule has 5 nitrogen and oxygen atoms in total. The van der Waals surface area contributed by atoms with Crippen LogP contribution in [0.4, 0.5) is 0 Å². The summed E-state index contributed by atoms with van der Waals surface area (Å²) in [7, 11) is 0. The van der Waals surface area contributed by atoms with Crippen LogP contribution in [0.25, 0.3) is 0 Å². The normalized spacial score (nSPS) is 24.4. The molecule has 0 aromatic heterocycles. The molecule has 1 fully saturated rings. The maximum atomic E-state index is 12.3. The number of carbonyl (C=O) groups excluding carboxylic acids is 2. The number of carbonyl (C=O) groups is 2. The van der Waals surface area contributed by atoms with Crippen LogP contribution in [0.5, 0.6) is 0 Å². The molecule has 0 aromatic rings. The molecule has 1 saturated heterocycles. The number of piperazine rings is 1. The summed E-state index contributed by atoms with van der Waals surface area (Å²) >= 11 is 0. The van der Waals surface area contributed by atoms with Crippen LogP contribution in [-0.4, -0.2) is 48.6 Å². The van der Waals surface area contributed by atoms with Gasteiger partial charge in [-0.15, -0.1) is 0 Å². The minimum absolute atomic E-state index is 0.00707.